The number of H-pyrrole nitrogens is 1. The number of rotatable bonds is 5. The number of aromatic nitrogens is 3. The van der Waals surface area contributed by atoms with Crippen molar-refractivity contribution < 1.29 is 14.8 Å². The highest BCUT2D eigenvalue weighted by Crippen LogP contribution is 2.39. The summed E-state index contributed by atoms with van der Waals surface area (Å²) in [4.78, 5) is 10.2. The van der Waals surface area contributed by atoms with E-state index in [0.717, 1.165) is 24.7 Å². The molecule has 0 amide bonds. The van der Waals surface area contributed by atoms with Gasteiger partial charge < -0.3 is 9.84 Å². The van der Waals surface area contributed by atoms with E-state index in [-0.39, 0.29) is 5.75 Å². The third-order valence-corrected chi connectivity index (χ3v) is 3.68. The van der Waals surface area contributed by atoms with Crippen LogP contribution in [0.1, 0.15) is 30.1 Å². The summed E-state index contributed by atoms with van der Waals surface area (Å²) in [5.74, 6) is 0.174. The average molecular weight is 334 g/mol. The Morgan fingerprint density at radius 1 is 1.57 bits per heavy atom. The summed E-state index contributed by atoms with van der Waals surface area (Å²) in [5.41, 5.74) is -0.206. The summed E-state index contributed by atoms with van der Waals surface area (Å²) in [6, 6.07) is 2.54. The van der Waals surface area contributed by atoms with Crippen LogP contribution in [0.4, 0.5) is 5.69 Å². The highest BCUT2D eigenvalue weighted by atomic mass is 32.1. The summed E-state index contributed by atoms with van der Waals surface area (Å²) < 4.78 is 6.71. The Balaban J connectivity index is 2.00. The molecule has 0 atom stereocenters. The van der Waals surface area contributed by atoms with Gasteiger partial charge in [-0.15, -0.1) is 0 Å². The first kappa shape index (κ1) is 15.2. The number of nitro groups is 1. The lowest BCUT2D eigenvalue weighted by Crippen LogP contribution is -2.03. The van der Waals surface area contributed by atoms with Crippen LogP contribution in [-0.2, 0) is 0 Å². The van der Waals surface area contributed by atoms with E-state index in [0.29, 0.717) is 16.3 Å². The van der Waals surface area contributed by atoms with Crippen molar-refractivity contribution >= 4 is 24.1 Å². The van der Waals surface area contributed by atoms with Crippen molar-refractivity contribution in [3.63, 3.8) is 0 Å². The number of methoxy groups -OCH3 is 1. The predicted molar refractivity (Wildman–Crippen MR) is 81.5 cm³/mol. The van der Waals surface area contributed by atoms with Crippen LogP contribution in [0, 0.1) is 14.9 Å². The summed E-state index contributed by atoms with van der Waals surface area (Å²) >= 11 is 5.12. The minimum Gasteiger partial charge on any atom is -0.865 e. The molecule has 3 rings (SSSR count). The number of nitrogens with zero attached hydrogens (tertiary/aromatic N) is 4. The monoisotopic (exact) mass is 334 g/mol. The molecule has 23 heavy (non-hydrogen) atoms. The van der Waals surface area contributed by atoms with Gasteiger partial charge in [0.25, 0.3) is 5.69 Å². The fourth-order valence-corrected chi connectivity index (χ4v) is 2.30. The lowest BCUT2D eigenvalue weighted by atomic mass is 10.2. The molecule has 1 heterocycles. The van der Waals surface area contributed by atoms with Crippen molar-refractivity contribution in [2.75, 3.05) is 7.11 Å². The molecule has 0 radical (unpaired) electrons. The molecule has 0 aliphatic heterocycles. The number of nitro benzene ring substituents is 1. The summed E-state index contributed by atoms with van der Waals surface area (Å²) in [6.45, 7) is 0. The number of hydrogen-bond acceptors (Lipinski definition) is 7. The van der Waals surface area contributed by atoms with Gasteiger partial charge in [-0.2, -0.15) is 14.9 Å². The zero-order valence-corrected chi connectivity index (χ0v) is 12.9. The van der Waals surface area contributed by atoms with Crippen molar-refractivity contribution in [2.24, 2.45) is 5.10 Å². The number of nitrogens with one attached hydrogen (secondary N) is 1. The lowest BCUT2D eigenvalue weighted by molar-refractivity contribution is -0.398. The molecular weight excluding hydrogens is 322 g/mol. The van der Waals surface area contributed by atoms with Gasteiger partial charge >= 0.3 is 0 Å². The van der Waals surface area contributed by atoms with Crippen molar-refractivity contribution in [1.29, 1.82) is 0 Å². The Bertz CT molecular complexity index is 853. The molecule has 1 saturated carbocycles. The Labute approximate surface area is 135 Å². The van der Waals surface area contributed by atoms with Gasteiger partial charge in [-0.3, -0.25) is 15.2 Å². The highest BCUT2D eigenvalue weighted by Gasteiger charge is 2.29. The van der Waals surface area contributed by atoms with Gasteiger partial charge in [0.15, 0.2) is 5.82 Å². The smallest absolute Gasteiger partial charge is 0.266 e. The van der Waals surface area contributed by atoms with E-state index in [1.165, 1.54) is 24.1 Å². The minimum atomic E-state index is -0.770. The molecular formula is C13H12N5O4S-. The molecule has 1 aliphatic rings. The van der Waals surface area contributed by atoms with Crippen LogP contribution in [-0.4, -0.2) is 33.1 Å². The molecule has 1 aromatic carbocycles. The lowest BCUT2D eigenvalue weighted by Gasteiger charge is -2.12. The fraction of sp³-hybridized carbons (Fsp3) is 0.308. The predicted octanol–water partition coefficient (Wildman–Crippen LogP) is 1.69. The number of benzene rings is 1. The van der Waals surface area contributed by atoms with Crippen LogP contribution in [0.15, 0.2) is 17.2 Å². The van der Waals surface area contributed by atoms with E-state index in [2.05, 4.69) is 15.3 Å². The summed E-state index contributed by atoms with van der Waals surface area (Å²) in [5, 5.41) is 33.8. The van der Waals surface area contributed by atoms with Gasteiger partial charge in [-0.1, -0.05) is 0 Å². The average Bonchev–Trinajstić information content (AvgIpc) is 3.30. The third kappa shape index (κ3) is 2.93. The van der Waals surface area contributed by atoms with E-state index in [1.54, 1.807) is 0 Å². The molecule has 10 heteroatoms. The second-order valence-electron chi connectivity index (χ2n) is 5.05. The molecule has 0 bridgehead atoms. The molecule has 0 spiro atoms. The fourth-order valence-electron chi connectivity index (χ4n) is 2.12. The van der Waals surface area contributed by atoms with Crippen molar-refractivity contribution in [3.8, 4) is 11.5 Å². The maximum atomic E-state index is 11.8. The van der Waals surface area contributed by atoms with Crippen molar-refractivity contribution in [1.82, 2.24) is 14.9 Å². The highest BCUT2D eigenvalue weighted by molar-refractivity contribution is 7.71. The molecule has 9 nitrogen and oxygen atoms in total. The normalized spacial score (nSPS) is 14.3. The molecule has 120 valence electrons. The Kier molecular flexibility index (Phi) is 3.82. The second kappa shape index (κ2) is 5.80. The topological polar surface area (TPSA) is 121 Å². The molecule has 0 saturated heterocycles. The maximum absolute atomic E-state index is 11.8. The van der Waals surface area contributed by atoms with Crippen LogP contribution in [0.3, 0.4) is 0 Å². The Morgan fingerprint density at radius 2 is 2.30 bits per heavy atom. The van der Waals surface area contributed by atoms with Crippen LogP contribution in [0.2, 0.25) is 0 Å². The number of aromatic amines is 1. The Morgan fingerprint density at radius 3 is 2.91 bits per heavy atom. The van der Waals surface area contributed by atoms with Gasteiger partial charge in [-0.25, -0.2) is 0 Å². The molecule has 0 unspecified atom stereocenters. The second-order valence-corrected chi connectivity index (χ2v) is 5.43. The van der Waals surface area contributed by atoms with Crippen LogP contribution in [0.5, 0.6) is 11.5 Å². The zero-order valence-electron chi connectivity index (χ0n) is 12.1. The largest absolute Gasteiger partial charge is 0.865 e. The summed E-state index contributed by atoms with van der Waals surface area (Å²) in [7, 11) is 1.28. The standard InChI is InChI=1S/C13H13N5O4S/c1-22-10-5-7(4-9(11(10)19)18(20)21)6-14-17-12(8-2-3-8)15-16-13(17)23/h4-6,8,19H,2-3H2,1H3,(H,16,23)/p-1/b14-6-. The molecule has 1 aromatic heterocycles. The minimum absolute atomic E-state index is 0.112. The number of ether oxygens (including phenoxy) is 1. The molecule has 2 aromatic rings. The Hall–Kier alpha value is -2.75. The third-order valence-electron chi connectivity index (χ3n) is 3.41. The SMILES string of the molecule is COc1cc(/C=N\n2c(C3CC3)n[nH]c2=S)cc([N+](=O)[O-])c1[O-]. The van der Waals surface area contributed by atoms with Crippen LogP contribution in [0.25, 0.3) is 0 Å². The van der Waals surface area contributed by atoms with Crippen LogP contribution >= 0.6 is 12.2 Å². The first-order valence-electron chi connectivity index (χ1n) is 6.76. The van der Waals surface area contributed by atoms with Gasteiger partial charge in [0.2, 0.25) is 4.77 Å². The van der Waals surface area contributed by atoms with Crippen molar-refractivity contribution in [3.05, 3.63) is 38.4 Å². The molecule has 1 N–H and O–H groups in total. The van der Waals surface area contributed by atoms with Gasteiger partial charge in [0.1, 0.15) is 5.75 Å². The van der Waals surface area contributed by atoms with Gasteiger partial charge in [-0.05, 0) is 31.1 Å². The molecule has 1 aliphatic carbocycles. The maximum Gasteiger partial charge on any atom is 0.266 e. The van der Waals surface area contributed by atoms with Gasteiger partial charge in [0, 0.05) is 23.3 Å². The molecule has 1 fully saturated rings. The van der Waals surface area contributed by atoms with E-state index in [9.17, 15) is 15.2 Å². The first-order chi connectivity index (χ1) is 11.0. The van der Waals surface area contributed by atoms with Crippen LogP contribution < -0.4 is 9.84 Å². The summed E-state index contributed by atoms with van der Waals surface area (Å²) in [6.07, 6.45) is 3.44. The number of hydrogen-bond donors (Lipinski definition) is 1. The van der Waals surface area contributed by atoms with E-state index >= 15 is 0 Å². The quantitative estimate of drug-likeness (QED) is 0.384. The zero-order chi connectivity index (χ0) is 16.6. The van der Waals surface area contributed by atoms with Crippen molar-refractivity contribution in [2.45, 2.75) is 18.8 Å². The van der Waals surface area contributed by atoms with E-state index < -0.39 is 16.4 Å². The van der Waals surface area contributed by atoms with E-state index in [4.69, 9.17) is 17.0 Å². The van der Waals surface area contributed by atoms with Gasteiger partial charge in [0.05, 0.1) is 18.2 Å². The van der Waals surface area contributed by atoms with E-state index in [1.807, 2.05) is 0 Å². The first-order valence-corrected chi connectivity index (χ1v) is 7.17.